The maximum absolute atomic E-state index is 11.9. The molecule has 7 nitrogen and oxygen atoms in total. The summed E-state index contributed by atoms with van der Waals surface area (Å²) >= 11 is 3.26. The van der Waals surface area contributed by atoms with Gasteiger partial charge in [-0.15, -0.1) is 0 Å². The molecule has 18 heavy (non-hydrogen) atoms. The third-order valence-electron chi connectivity index (χ3n) is 2.83. The van der Waals surface area contributed by atoms with Crippen LogP contribution >= 0.6 is 15.9 Å². The summed E-state index contributed by atoms with van der Waals surface area (Å²) in [5.41, 5.74) is -0.116. The molecule has 2 heterocycles. The van der Waals surface area contributed by atoms with E-state index < -0.39 is 11.2 Å². The molecule has 2 rings (SSSR count). The van der Waals surface area contributed by atoms with Gasteiger partial charge in [-0.05, 0) is 22.4 Å². The quantitative estimate of drug-likeness (QED) is 0.780. The zero-order valence-electron chi connectivity index (χ0n) is 10.1. The summed E-state index contributed by atoms with van der Waals surface area (Å²) < 4.78 is 4.59. The average Bonchev–Trinajstić information content (AvgIpc) is 2.68. The van der Waals surface area contributed by atoms with Gasteiger partial charge in [0.1, 0.15) is 0 Å². The van der Waals surface area contributed by atoms with Crippen molar-refractivity contribution < 1.29 is 5.11 Å². The van der Waals surface area contributed by atoms with Crippen LogP contribution in [0.4, 0.5) is 0 Å². The van der Waals surface area contributed by atoms with E-state index in [1.54, 1.807) is 11.6 Å². The minimum absolute atomic E-state index is 0.0326. The fourth-order valence-corrected chi connectivity index (χ4v) is 2.41. The predicted molar refractivity (Wildman–Crippen MR) is 69.6 cm³/mol. The normalized spacial score (nSPS) is 11.3. The van der Waals surface area contributed by atoms with Crippen LogP contribution in [0.25, 0.3) is 11.2 Å². The van der Waals surface area contributed by atoms with Gasteiger partial charge in [0.05, 0.1) is 0 Å². The Morgan fingerprint density at radius 2 is 1.94 bits per heavy atom. The molecule has 0 saturated carbocycles. The number of imidazole rings is 1. The molecule has 98 valence electrons. The van der Waals surface area contributed by atoms with Crippen LogP contribution in [0.15, 0.2) is 14.3 Å². The first-order chi connectivity index (χ1) is 8.49. The van der Waals surface area contributed by atoms with Gasteiger partial charge >= 0.3 is 5.69 Å². The van der Waals surface area contributed by atoms with Gasteiger partial charge in [-0.1, -0.05) is 0 Å². The molecule has 0 spiro atoms. The number of aliphatic hydroxyl groups excluding tert-OH is 1. The van der Waals surface area contributed by atoms with Gasteiger partial charge in [0, 0.05) is 27.2 Å². The first-order valence-electron chi connectivity index (χ1n) is 5.41. The minimum atomic E-state index is -0.420. The van der Waals surface area contributed by atoms with Gasteiger partial charge < -0.3 is 9.67 Å². The Morgan fingerprint density at radius 1 is 1.28 bits per heavy atom. The number of aromatic nitrogens is 4. The topological polar surface area (TPSA) is 82.0 Å². The lowest BCUT2D eigenvalue weighted by Gasteiger charge is -2.08. The number of fused-ring (bicyclic) bond motifs is 1. The van der Waals surface area contributed by atoms with Crippen LogP contribution in [-0.2, 0) is 20.6 Å². The minimum Gasteiger partial charge on any atom is -0.396 e. The van der Waals surface area contributed by atoms with E-state index in [2.05, 4.69) is 20.9 Å². The third-order valence-corrected chi connectivity index (χ3v) is 3.44. The molecule has 0 radical (unpaired) electrons. The Kier molecular flexibility index (Phi) is 3.40. The standard InChI is InChI=1S/C10H13BrN4O3/c1-13-7-6(8(17)14(2)10(13)18)12-9(11)15(7)4-3-5-16/h16H,3-5H2,1-2H3. The summed E-state index contributed by atoms with van der Waals surface area (Å²) in [7, 11) is 3.01. The average molecular weight is 317 g/mol. The van der Waals surface area contributed by atoms with Crippen LogP contribution in [0.2, 0.25) is 0 Å². The molecule has 0 aromatic carbocycles. The largest absolute Gasteiger partial charge is 0.396 e. The second-order valence-electron chi connectivity index (χ2n) is 3.99. The van der Waals surface area contributed by atoms with E-state index in [1.165, 1.54) is 11.6 Å². The number of aryl methyl sites for hydroxylation is 2. The Morgan fingerprint density at radius 3 is 2.56 bits per heavy atom. The monoisotopic (exact) mass is 316 g/mol. The third kappa shape index (κ3) is 1.81. The van der Waals surface area contributed by atoms with E-state index in [9.17, 15) is 9.59 Å². The van der Waals surface area contributed by atoms with Crippen LogP contribution < -0.4 is 11.2 Å². The Hall–Kier alpha value is -1.41. The fraction of sp³-hybridized carbons (Fsp3) is 0.500. The van der Waals surface area contributed by atoms with Gasteiger partial charge in [-0.3, -0.25) is 13.9 Å². The van der Waals surface area contributed by atoms with E-state index in [-0.39, 0.29) is 12.1 Å². The van der Waals surface area contributed by atoms with Crippen molar-refractivity contribution in [3.05, 3.63) is 25.6 Å². The Balaban J connectivity index is 2.86. The molecule has 0 saturated heterocycles. The SMILES string of the molecule is Cn1c(=O)c2nc(Br)n(CCCO)c2n(C)c1=O. The summed E-state index contributed by atoms with van der Waals surface area (Å²) in [6.45, 7) is 0.513. The summed E-state index contributed by atoms with van der Waals surface area (Å²) in [4.78, 5) is 27.9. The summed E-state index contributed by atoms with van der Waals surface area (Å²) in [6, 6.07) is 0. The summed E-state index contributed by atoms with van der Waals surface area (Å²) in [5, 5.41) is 8.87. The zero-order chi connectivity index (χ0) is 13.4. The maximum atomic E-state index is 11.9. The molecular formula is C10H13BrN4O3. The smallest absolute Gasteiger partial charge is 0.332 e. The highest BCUT2D eigenvalue weighted by atomic mass is 79.9. The molecule has 0 aliphatic heterocycles. The van der Waals surface area contributed by atoms with E-state index in [4.69, 9.17) is 5.11 Å². The number of rotatable bonds is 3. The lowest BCUT2D eigenvalue weighted by Crippen LogP contribution is -2.37. The van der Waals surface area contributed by atoms with Crippen molar-refractivity contribution in [2.75, 3.05) is 6.61 Å². The van der Waals surface area contributed by atoms with E-state index in [1.807, 2.05) is 0 Å². The van der Waals surface area contributed by atoms with Crippen molar-refractivity contribution in [1.29, 1.82) is 0 Å². The molecule has 0 fully saturated rings. The molecule has 0 atom stereocenters. The first-order valence-corrected chi connectivity index (χ1v) is 6.21. The number of nitrogens with zero attached hydrogens (tertiary/aromatic N) is 4. The highest BCUT2D eigenvalue weighted by Gasteiger charge is 2.17. The molecule has 0 bridgehead atoms. The van der Waals surface area contributed by atoms with Crippen molar-refractivity contribution >= 4 is 27.1 Å². The second kappa shape index (κ2) is 4.69. The lowest BCUT2D eigenvalue weighted by molar-refractivity contribution is 0.280. The summed E-state index contributed by atoms with van der Waals surface area (Å²) in [6.07, 6.45) is 0.521. The van der Waals surface area contributed by atoms with Crippen molar-refractivity contribution in [3.63, 3.8) is 0 Å². The van der Waals surface area contributed by atoms with E-state index >= 15 is 0 Å². The molecule has 1 N–H and O–H groups in total. The molecule has 0 amide bonds. The van der Waals surface area contributed by atoms with Crippen molar-refractivity contribution in [1.82, 2.24) is 18.7 Å². The lowest BCUT2D eigenvalue weighted by atomic mass is 10.4. The van der Waals surface area contributed by atoms with Crippen molar-refractivity contribution in [2.24, 2.45) is 14.1 Å². The molecule has 0 unspecified atom stereocenters. The fourth-order valence-electron chi connectivity index (χ4n) is 1.89. The van der Waals surface area contributed by atoms with Crippen molar-refractivity contribution in [2.45, 2.75) is 13.0 Å². The van der Waals surface area contributed by atoms with Crippen LogP contribution in [0.3, 0.4) is 0 Å². The molecule has 2 aromatic rings. The van der Waals surface area contributed by atoms with Crippen LogP contribution in [0.1, 0.15) is 6.42 Å². The second-order valence-corrected chi connectivity index (χ2v) is 4.70. The molecule has 0 aliphatic rings. The van der Waals surface area contributed by atoms with Gasteiger partial charge in [0.25, 0.3) is 5.56 Å². The predicted octanol–water partition coefficient (Wildman–Crippen LogP) is -0.421. The Labute approximate surface area is 110 Å². The van der Waals surface area contributed by atoms with Gasteiger partial charge in [-0.2, -0.15) is 0 Å². The van der Waals surface area contributed by atoms with Gasteiger partial charge in [-0.25, -0.2) is 9.78 Å². The van der Waals surface area contributed by atoms with Gasteiger partial charge in [0.2, 0.25) is 0 Å². The van der Waals surface area contributed by atoms with E-state index in [0.29, 0.717) is 23.3 Å². The number of hydrogen-bond donors (Lipinski definition) is 1. The first kappa shape index (κ1) is 13.0. The van der Waals surface area contributed by atoms with Gasteiger partial charge in [0.15, 0.2) is 15.9 Å². The summed E-state index contributed by atoms with van der Waals surface area (Å²) in [5.74, 6) is 0. The highest BCUT2D eigenvalue weighted by Crippen LogP contribution is 2.16. The number of hydrogen-bond acceptors (Lipinski definition) is 4. The van der Waals surface area contributed by atoms with Crippen LogP contribution in [0, 0.1) is 0 Å². The maximum Gasteiger partial charge on any atom is 0.332 e. The highest BCUT2D eigenvalue weighted by molar-refractivity contribution is 9.10. The van der Waals surface area contributed by atoms with Crippen LogP contribution in [0.5, 0.6) is 0 Å². The van der Waals surface area contributed by atoms with Crippen molar-refractivity contribution in [3.8, 4) is 0 Å². The number of aliphatic hydroxyl groups is 1. The Bertz CT molecular complexity index is 712. The molecule has 2 aromatic heterocycles. The molecular weight excluding hydrogens is 304 g/mol. The molecule has 0 aliphatic carbocycles. The zero-order valence-corrected chi connectivity index (χ0v) is 11.6. The molecule has 8 heteroatoms. The van der Waals surface area contributed by atoms with E-state index in [0.717, 1.165) is 4.57 Å². The van der Waals surface area contributed by atoms with Crippen LogP contribution in [-0.4, -0.2) is 30.4 Å². The number of halogens is 1.